The van der Waals surface area contributed by atoms with Crippen molar-refractivity contribution < 1.29 is 24.2 Å². The number of carbonyl (C=O) groups excluding carboxylic acids is 2. The van der Waals surface area contributed by atoms with Crippen LogP contribution in [0.2, 0.25) is 10.0 Å². The molecule has 1 fully saturated rings. The number of nitrogens with one attached hydrogen (secondary N) is 1. The van der Waals surface area contributed by atoms with E-state index in [-0.39, 0.29) is 24.3 Å². The van der Waals surface area contributed by atoms with Crippen molar-refractivity contribution in [2.45, 2.75) is 48.9 Å². The summed E-state index contributed by atoms with van der Waals surface area (Å²) >= 11 is 14.5. The number of ether oxygens (including phenoxy) is 1. The molecule has 1 aliphatic rings. The van der Waals surface area contributed by atoms with Gasteiger partial charge in [0, 0.05) is 36.5 Å². The number of hydrogen-bond acceptors (Lipinski definition) is 5. The number of carboxylic acids is 1. The molecule has 0 atom stereocenters. The molecule has 0 saturated carbocycles. The monoisotopic (exact) mass is 564 g/mol. The van der Waals surface area contributed by atoms with Gasteiger partial charge in [-0.05, 0) is 56.5 Å². The molecular weight excluding hydrogens is 535 g/mol. The Morgan fingerprint density at radius 2 is 1.78 bits per heavy atom. The molecule has 37 heavy (non-hydrogen) atoms. The topological polar surface area (TPSA) is 95.9 Å². The Labute approximate surface area is 231 Å². The standard InChI is InChI=1S/C27H30Cl2N2O5S/c1-27(2,26(34)35)16-22(32)30-18-12-14-31(15-13-18)23(33)11-9-17-8-10-21(25(29)24(17)28)37-20-7-5-4-6-19(20)36-3/h4-11,18H,12-16H2,1-3H3,(H,30,32)(H,34,35)/b11-9+. The lowest BCUT2D eigenvalue weighted by Crippen LogP contribution is -2.47. The molecule has 3 rings (SSSR count). The van der Waals surface area contributed by atoms with Crippen molar-refractivity contribution in [1.82, 2.24) is 10.2 Å². The van der Waals surface area contributed by atoms with Crippen molar-refractivity contribution in [3.8, 4) is 5.75 Å². The number of benzene rings is 2. The maximum atomic E-state index is 12.7. The molecule has 0 unspecified atom stereocenters. The summed E-state index contributed by atoms with van der Waals surface area (Å²) in [5, 5.41) is 12.8. The summed E-state index contributed by atoms with van der Waals surface area (Å²) in [6.45, 7) is 4.02. The van der Waals surface area contributed by atoms with E-state index in [1.807, 2.05) is 36.4 Å². The van der Waals surface area contributed by atoms with Gasteiger partial charge < -0.3 is 20.1 Å². The molecule has 1 heterocycles. The molecule has 0 bridgehead atoms. The van der Waals surface area contributed by atoms with Crippen molar-refractivity contribution in [2.24, 2.45) is 5.41 Å². The van der Waals surface area contributed by atoms with Crippen LogP contribution in [0.5, 0.6) is 5.75 Å². The largest absolute Gasteiger partial charge is 0.496 e. The van der Waals surface area contributed by atoms with E-state index in [1.165, 1.54) is 31.7 Å². The second kappa shape index (κ2) is 12.7. The Morgan fingerprint density at radius 1 is 1.11 bits per heavy atom. The van der Waals surface area contributed by atoms with Crippen molar-refractivity contribution in [3.63, 3.8) is 0 Å². The fourth-order valence-corrected chi connectivity index (χ4v) is 5.38. The summed E-state index contributed by atoms with van der Waals surface area (Å²) in [5.74, 6) is -0.727. The third kappa shape index (κ3) is 7.66. The third-order valence-corrected chi connectivity index (χ3v) is 8.25. The van der Waals surface area contributed by atoms with Crippen LogP contribution in [0.3, 0.4) is 0 Å². The molecule has 2 N–H and O–H groups in total. The number of nitrogens with zero attached hydrogens (tertiary/aromatic N) is 1. The fraction of sp³-hybridized carbons (Fsp3) is 0.370. The molecule has 2 aromatic rings. The first-order valence-corrected chi connectivity index (χ1v) is 13.4. The van der Waals surface area contributed by atoms with Crippen LogP contribution in [0.15, 0.2) is 52.3 Å². The van der Waals surface area contributed by atoms with Gasteiger partial charge in [0.15, 0.2) is 0 Å². The minimum Gasteiger partial charge on any atom is -0.496 e. The first-order valence-electron chi connectivity index (χ1n) is 11.8. The predicted molar refractivity (Wildman–Crippen MR) is 146 cm³/mol. The van der Waals surface area contributed by atoms with Crippen molar-refractivity contribution in [2.75, 3.05) is 20.2 Å². The minimum atomic E-state index is -1.12. The summed E-state index contributed by atoms with van der Waals surface area (Å²) in [6, 6.07) is 11.2. The highest BCUT2D eigenvalue weighted by molar-refractivity contribution is 7.99. The zero-order valence-electron chi connectivity index (χ0n) is 20.9. The molecule has 7 nitrogen and oxygen atoms in total. The summed E-state index contributed by atoms with van der Waals surface area (Å²) < 4.78 is 5.39. The Hall–Kier alpha value is -2.68. The minimum absolute atomic E-state index is 0.0911. The smallest absolute Gasteiger partial charge is 0.309 e. The highest BCUT2D eigenvalue weighted by Gasteiger charge is 2.31. The van der Waals surface area contributed by atoms with E-state index in [2.05, 4.69) is 5.32 Å². The number of carbonyl (C=O) groups is 3. The summed E-state index contributed by atoms with van der Waals surface area (Å²) in [7, 11) is 1.61. The Kier molecular flexibility index (Phi) is 9.93. The van der Waals surface area contributed by atoms with Crippen molar-refractivity contribution in [3.05, 3.63) is 58.1 Å². The van der Waals surface area contributed by atoms with Crippen LogP contribution in [-0.4, -0.2) is 54.0 Å². The molecule has 0 spiro atoms. The summed E-state index contributed by atoms with van der Waals surface area (Å²) in [4.78, 5) is 39.6. The van der Waals surface area contributed by atoms with Crippen molar-refractivity contribution in [1.29, 1.82) is 0 Å². The lowest BCUT2D eigenvalue weighted by atomic mass is 9.89. The molecule has 0 aliphatic carbocycles. The number of rotatable bonds is 9. The number of amides is 2. The molecule has 1 aliphatic heterocycles. The number of halogens is 2. The second-order valence-electron chi connectivity index (χ2n) is 9.40. The van der Waals surface area contributed by atoms with E-state index in [9.17, 15) is 19.5 Å². The number of carboxylic acid groups (broad SMARTS) is 1. The van der Waals surface area contributed by atoms with E-state index in [4.69, 9.17) is 27.9 Å². The van der Waals surface area contributed by atoms with E-state index < -0.39 is 11.4 Å². The van der Waals surface area contributed by atoms with Crippen LogP contribution >= 0.6 is 35.0 Å². The maximum absolute atomic E-state index is 12.7. The van der Waals surface area contributed by atoms with Gasteiger partial charge in [0.1, 0.15) is 5.75 Å². The van der Waals surface area contributed by atoms with E-state index in [1.54, 1.807) is 18.1 Å². The fourth-order valence-electron chi connectivity index (χ4n) is 3.84. The molecule has 2 aromatic carbocycles. The van der Waals surface area contributed by atoms with E-state index in [0.29, 0.717) is 41.5 Å². The highest BCUT2D eigenvalue weighted by Crippen LogP contribution is 2.42. The first-order chi connectivity index (χ1) is 17.5. The quantitative estimate of drug-likeness (QED) is 0.375. The van der Waals surface area contributed by atoms with Gasteiger partial charge >= 0.3 is 5.97 Å². The lowest BCUT2D eigenvalue weighted by Gasteiger charge is -2.32. The maximum Gasteiger partial charge on any atom is 0.309 e. The van der Waals surface area contributed by atoms with Gasteiger partial charge in [0.05, 0.1) is 27.5 Å². The molecule has 198 valence electrons. The van der Waals surface area contributed by atoms with Gasteiger partial charge in [-0.1, -0.05) is 53.2 Å². The highest BCUT2D eigenvalue weighted by atomic mass is 35.5. The van der Waals surface area contributed by atoms with E-state index in [0.717, 1.165) is 15.5 Å². The van der Waals surface area contributed by atoms with Crippen LogP contribution < -0.4 is 10.1 Å². The van der Waals surface area contributed by atoms with Crippen molar-refractivity contribution >= 4 is 58.8 Å². The average Bonchev–Trinajstić information content (AvgIpc) is 2.86. The molecular formula is C27H30Cl2N2O5S. The zero-order chi connectivity index (χ0) is 27.2. The Balaban J connectivity index is 1.56. The number of methoxy groups -OCH3 is 1. The van der Waals surface area contributed by atoms with E-state index >= 15 is 0 Å². The van der Waals surface area contributed by atoms with Gasteiger partial charge in [-0.15, -0.1) is 0 Å². The predicted octanol–water partition coefficient (Wildman–Crippen LogP) is 5.77. The molecule has 1 saturated heterocycles. The van der Waals surface area contributed by atoms with Gasteiger partial charge in [-0.25, -0.2) is 0 Å². The second-order valence-corrected chi connectivity index (χ2v) is 11.2. The normalized spacial score (nSPS) is 14.6. The van der Waals surface area contributed by atoms with Crippen LogP contribution in [0.1, 0.15) is 38.7 Å². The van der Waals surface area contributed by atoms with Gasteiger partial charge in [0.25, 0.3) is 0 Å². The van der Waals surface area contributed by atoms with Crippen LogP contribution in [0, 0.1) is 5.41 Å². The van der Waals surface area contributed by atoms with Crippen LogP contribution in [0.25, 0.3) is 6.08 Å². The SMILES string of the molecule is COc1ccccc1Sc1ccc(/C=C/C(=O)N2CCC(NC(=O)CC(C)(C)C(=O)O)CC2)c(Cl)c1Cl. The summed E-state index contributed by atoms with van der Waals surface area (Å²) in [6.07, 6.45) is 4.22. The van der Waals surface area contributed by atoms with Gasteiger partial charge in [-0.2, -0.15) is 0 Å². The van der Waals surface area contributed by atoms with Crippen LogP contribution in [0.4, 0.5) is 0 Å². The Bertz CT molecular complexity index is 1190. The molecule has 0 aromatic heterocycles. The average molecular weight is 566 g/mol. The van der Waals surface area contributed by atoms with Gasteiger partial charge in [-0.3, -0.25) is 14.4 Å². The molecule has 0 radical (unpaired) electrons. The van der Waals surface area contributed by atoms with Gasteiger partial charge in [0.2, 0.25) is 11.8 Å². The summed E-state index contributed by atoms with van der Waals surface area (Å²) in [5.41, 5.74) is -0.492. The number of aliphatic carboxylic acids is 1. The lowest BCUT2D eigenvalue weighted by molar-refractivity contribution is -0.149. The molecule has 10 heteroatoms. The first kappa shape index (κ1) is 28.9. The Morgan fingerprint density at radius 3 is 2.43 bits per heavy atom. The number of likely N-dealkylation sites (tertiary alicyclic amines) is 1. The number of piperidine rings is 1. The third-order valence-electron chi connectivity index (χ3n) is 6.12. The number of para-hydroxylation sites is 1. The molecule has 2 amide bonds. The number of hydrogen-bond donors (Lipinski definition) is 2. The zero-order valence-corrected chi connectivity index (χ0v) is 23.3. The van der Waals surface area contributed by atoms with Crippen LogP contribution in [-0.2, 0) is 14.4 Å².